The highest BCUT2D eigenvalue weighted by Gasteiger charge is 2.23. The number of carbonyl (C=O) groups is 2. The summed E-state index contributed by atoms with van der Waals surface area (Å²) < 4.78 is 29.2. The van der Waals surface area contributed by atoms with Gasteiger partial charge >= 0.3 is 0 Å². The highest BCUT2D eigenvalue weighted by atomic mass is 19.1. The molecule has 1 aliphatic rings. The van der Waals surface area contributed by atoms with Crippen LogP contribution in [-0.4, -0.2) is 63.7 Å². The predicted octanol–water partition coefficient (Wildman–Crippen LogP) is 3.00. The van der Waals surface area contributed by atoms with Crippen molar-refractivity contribution < 1.29 is 28.2 Å². The van der Waals surface area contributed by atoms with Crippen LogP contribution < -0.4 is 14.8 Å². The van der Waals surface area contributed by atoms with Gasteiger partial charge in [-0.3, -0.25) is 14.5 Å². The molecule has 3 rings (SSSR count). The molecule has 0 bridgehead atoms. The van der Waals surface area contributed by atoms with E-state index >= 15 is 0 Å². The smallest absolute Gasteiger partial charge is 0.220 e. The molecule has 2 aromatic rings. The molecule has 0 spiro atoms. The zero-order chi connectivity index (χ0) is 22.9. The first-order chi connectivity index (χ1) is 15.5. The Balaban J connectivity index is 1.56. The van der Waals surface area contributed by atoms with Gasteiger partial charge in [0.15, 0.2) is 17.3 Å². The number of hydrogen-bond donors (Lipinski definition) is 1. The largest absolute Gasteiger partial charge is 0.493 e. The fraction of sp³-hybridized carbons (Fsp3) is 0.417. The van der Waals surface area contributed by atoms with Crippen LogP contribution in [0.25, 0.3) is 0 Å². The van der Waals surface area contributed by atoms with Crippen LogP contribution in [0.1, 0.15) is 34.8 Å². The van der Waals surface area contributed by atoms with E-state index < -0.39 is 0 Å². The second-order valence-electron chi connectivity index (χ2n) is 7.51. The van der Waals surface area contributed by atoms with Gasteiger partial charge in [-0.15, -0.1) is 0 Å². The van der Waals surface area contributed by atoms with Crippen LogP contribution >= 0.6 is 0 Å². The molecule has 172 valence electrons. The van der Waals surface area contributed by atoms with Gasteiger partial charge in [-0.25, -0.2) is 4.39 Å². The van der Waals surface area contributed by atoms with E-state index in [1.807, 2.05) is 0 Å². The van der Waals surface area contributed by atoms with Crippen LogP contribution in [-0.2, 0) is 9.53 Å². The number of hydrogen-bond acceptors (Lipinski definition) is 6. The number of carbonyl (C=O) groups excluding carboxylic acids is 2. The fourth-order valence-electron chi connectivity index (χ4n) is 3.71. The normalized spacial score (nSPS) is 15.1. The van der Waals surface area contributed by atoms with Crippen molar-refractivity contribution in [1.29, 1.82) is 0 Å². The number of ether oxygens (including phenoxy) is 3. The van der Waals surface area contributed by atoms with Gasteiger partial charge in [-0.2, -0.15) is 0 Å². The van der Waals surface area contributed by atoms with E-state index in [1.165, 1.54) is 26.4 Å². The highest BCUT2D eigenvalue weighted by molar-refractivity contribution is 5.98. The van der Waals surface area contributed by atoms with Crippen molar-refractivity contribution in [3.8, 4) is 11.5 Å². The van der Waals surface area contributed by atoms with Crippen molar-refractivity contribution >= 4 is 11.7 Å². The van der Waals surface area contributed by atoms with Gasteiger partial charge in [0.2, 0.25) is 5.91 Å². The van der Waals surface area contributed by atoms with Crippen molar-refractivity contribution in [3.63, 3.8) is 0 Å². The van der Waals surface area contributed by atoms with Crippen molar-refractivity contribution in [3.05, 3.63) is 59.4 Å². The van der Waals surface area contributed by atoms with Gasteiger partial charge in [0, 0.05) is 38.0 Å². The lowest BCUT2D eigenvalue weighted by Crippen LogP contribution is -2.43. The molecule has 7 nitrogen and oxygen atoms in total. The molecule has 2 aromatic carbocycles. The maximum absolute atomic E-state index is 13.4. The lowest BCUT2D eigenvalue weighted by atomic mass is 10.0. The standard InChI is InChI=1S/C24H29FN2O5/c1-30-22-9-5-18(15-23(22)31-2)21(28)8-10-24(29)26-16-20(27-11-13-32-14-12-27)17-3-6-19(25)7-4-17/h3-7,9,15,20H,8,10-14,16H2,1-2H3,(H,26,29)/t20-/m1/s1. The van der Waals surface area contributed by atoms with Crippen LogP contribution in [0.4, 0.5) is 4.39 Å². The Morgan fingerprint density at radius 1 is 1.03 bits per heavy atom. The van der Waals surface area contributed by atoms with E-state index in [4.69, 9.17) is 14.2 Å². The molecule has 1 amide bonds. The van der Waals surface area contributed by atoms with E-state index in [2.05, 4.69) is 10.2 Å². The summed E-state index contributed by atoms with van der Waals surface area (Å²) in [5.74, 6) is 0.350. The molecule has 32 heavy (non-hydrogen) atoms. The van der Waals surface area contributed by atoms with Gasteiger partial charge in [0.25, 0.3) is 0 Å². The Labute approximate surface area is 187 Å². The third kappa shape index (κ3) is 6.27. The van der Waals surface area contributed by atoms with Crippen molar-refractivity contribution in [2.75, 3.05) is 47.1 Å². The number of benzene rings is 2. The number of amides is 1. The Morgan fingerprint density at radius 3 is 2.38 bits per heavy atom. The van der Waals surface area contributed by atoms with E-state index in [-0.39, 0.29) is 36.4 Å². The van der Waals surface area contributed by atoms with Gasteiger partial charge < -0.3 is 19.5 Å². The van der Waals surface area contributed by atoms with Gasteiger partial charge in [-0.05, 0) is 35.9 Å². The number of rotatable bonds is 10. The van der Waals surface area contributed by atoms with E-state index in [9.17, 15) is 14.0 Å². The molecule has 0 saturated carbocycles. The zero-order valence-corrected chi connectivity index (χ0v) is 18.4. The summed E-state index contributed by atoms with van der Waals surface area (Å²) in [6.45, 7) is 3.07. The van der Waals surface area contributed by atoms with Gasteiger partial charge in [-0.1, -0.05) is 12.1 Å². The molecule has 0 unspecified atom stereocenters. The highest BCUT2D eigenvalue weighted by Crippen LogP contribution is 2.28. The second-order valence-corrected chi connectivity index (χ2v) is 7.51. The summed E-state index contributed by atoms with van der Waals surface area (Å²) in [4.78, 5) is 27.2. The minimum Gasteiger partial charge on any atom is -0.493 e. The fourth-order valence-corrected chi connectivity index (χ4v) is 3.71. The van der Waals surface area contributed by atoms with Crippen LogP contribution in [0.3, 0.4) is 0 Å². The third-order valence-corrected chi connectivity index (χ3v) is 5.52. The van der Waals surface area contributed by atoms with E-state index in [0.717, 1.165) is 18.7 Å². The molecule has 1 aliphatic heterocycles. The first-order valence-corrected chi connectivity index (χ1v) is 10.6. The first-order valence-electron chi connectivity index (χ1n) is 10.6. The molecule has 0 radical (unpaired) electrons. The molecular formula is C24H29FN2O5. The number of ketones is 1. The third-order valence-electron chi connectivity index (χ3n) is 5.52. The van der Waals surface area contributed by atoms with Crippen LogP contribution in [0.15, 0.2) is 42.5 Å². The van der Waals surface area contributed by atoms with Crippen molar-refractivity contribution in [2.45, 2.75) is 18.9 Å². The molecule has 1 heterocycles. The quantitative estimate of drug-likeness (QED) is 0.568. The van der Waals surface area contributed by atoms with Crippen LogP contribution in [0.2, 0.25) is 0 Å². The number of halogens is 1. The maximum Gasteiger partial charge on any atom is 0.220 e. The first kappa shape index (κ1) is 23.7. The summed E-state index contributed by atoms with van der Waals surface area (Å²) >= 11 is 0. The molecule has 8 heteroatoms. The minimum absolute atomic E-state index is 0.0758. The molecular weight excluding hydrogens is 415 g/mol. The summed E-state index contributed by atoms with van der Waals surface area (Å²) in [6, 6.07) is 11.2. The van der Waals surface area contributed by atoms with Crippen molar-refractivity contribution in [2.24, 2.45) is 0 Å². The number of nitrogens with one attached hydrogen (secondary N) is 1. The summed E-state index contributed by atoms with van der Waals surface area (Å²) in [7, 11) is 3.03. The topological polar surface area (TPSA) is 77.1 Å². The van der Waals surface area contributed by atoms with Crippen molar-refractivity contribution in [1.82, 2.24) is 10.2 Å². The molecule has 1 fully saturated rings. The van der Waals surface area contributed by atoms with E-state index in [0.29, 0.717) is 36.8 Å². The van der Waals surface area contributed by atoms with E-state index in [1.54, 1.807) is 30.3 Å². The minimum atomic E-state index is -0.299. The molecule has 0 aromatic heterocycles. The van der Waals surface area contributed by atoms with Gasteiger partial charge in [0.05, 0.1) is 33.5 Å². The Kier molecular flexibility index (Phi) is 8.58. The number of methoxy groups -OCH3 is 2. The Bertz CT molecular complexity index is 913. The monoisotopic (exact) mass is 444 g/mol. The Hall–Kier alpha value is -2.97. The summed E-state index contributed by atoms with van der Waals surface area (Å²) in [6.07, 6.45) is 0.159. The Morgan fingerprint density at radius 2 is 1.72 bits per heavy atom. The predicted molar refractivity (Wildman–Crippen MR) is 118 cm³/mol. The van der Waals surface area contributed by atoms with Crippen LogP contribution in [0, 0.1) is 5.82 Å². The lowest BCUT2D eigenvalue weighted by Gasteiger charge is -2.35. The van der Waals surface area contributed by atoms with Crippen LogP contribution in [0.5, 0.6) is 11.5 Å². The maximum atomic E-state index is 13.4. The lowest BCUT2D eigenvalue weighted by molar-refractivity contribution is -0.121. The summed E-state index contributed by atoms with van der Waals surface area (Å²) in [5, 5.41) is 2.93. The molecule has 1 saturated heterocycles. The molecule has 1 N–H and O–H groups in total. The molecule has 1 atom stereocenters. The SMILES string of the molecule is COc1ccc(C(=O)CCC(=O)NC[C@H](c2ccc(F)cc2)N2CCOCC2)cc1OC. The number of nitrogens with zero attached hydrogens (tertiary/aromatic N) is 1. The van der Waals surface area contributed by atoms with Gasteiger partial charge in [0.1, 0.15) is 5.82 Å². The number of Topliss-reactive ketones (excluding diaryl/α,β-unsaturated/α-hetero) is 1. The molecule has 0 aliphatic carbocycles. The second kappa shape index (κ2) is 11.6. The number of morpholine rings is 1. The summed E-state index contributed by atoms with van der Waals surface area (Å²) in [5.41, 5.74) is 1.39. The average molecular weight is 445 g/mol. The zero-order valence-electron chi connectivity index (χ0n) is 18.4. The average Bonchev–Trinajstić information content (AvgIpc) is 2.83.